The molecule has 58 aromatic rings. The second kappa shape index (κ2) is 12.6. The molecule has 8 nitrogen and oxygen atoms in total. The van der Waals surface area contributed by atoms with Crippen molar-refractivity contribution in [1.82, 2.24) is 10.6 Å². The van der Waals surface area contributed by atoms with Crippen molar-refractivity contribution in [3.63, 3.8) is 0 Å². The molecule has 5 aliphatic heterocycles. The molecular formula is C140H12N8. The molecule has 8 heteroatoms. The summed E-state index contributed by atoms with van der Waals surface area (Å²) in [5.74, 6) is 4.95. The lowest BCUT2D eigenvalue weighted by Gasteiger charge is -2.51. The third-order valence-electron chi connectivity index (χ3n) is 53.0. The van der Waals surface area contributed by atoms with Crippen LogP contribution < -0.4 is 10.6 Å². The first kappa shape index (κ1) is 54.6. The summed E-state index contributed by atoms with van der Waals surface area (Å²) >= 11 is 0. The number of amidine groups is 6. The van der Waals surface area contributed by atoms with Crippen LogP contribution in [-0.4, -0.2) is 47.3 Å². The third kappa shape index (κ3) is 3.00. The van der Waals surface area contributed by atoms with E-state index >= 15 is 0 Å². The predicted octanol–water partition coefficient (Wildman–Crippen LogP) is 33.7. The summed E-state index contributed by atoms with van der Waals surface area (Å²) in [6.07, 6.45) is -1.26. The normalized spacial score (nSPS) is 24.1. The van der Waals surface area contributed by atoms with Crippen LogP contribution in [0.2, 0.25) is 0 Å². The molecule has 2 N–H and O–H groups in total. The molecule has 148 heavy (non-hydrogen) atoms. The average Bonchev–Trinajstić information content (AvgIpc) is 1.38. The van der Waals surface area contributed by atoms with E-state index < -0.39 is 34.0 Å². The van der Waals surface area contributed by atoms with Gasteiger partial charge in [0.2, 0.25) is 0 Å². The van der Waals surface area contributed by atoms with Crippen LogP contribution in [0.1, 0.15) is 66.8 Å². The first-order valence-corrected chi connectivity index (χ1v) is 54.6. The van der Waals surface area contributed by atoms with E-state index in [1.807, 2.05) is 0 Å². The Bertz CT molecular complexity index is 16400. The Labute approximate surface area is 800 Å². The number of hydrogen-bond donors (Lipinski definition) is 2. The van der Waals surface area contributed by atoms with Gasteiger partial charge in [-0.05, 0) is 626 Å². The van der Waals surface area contributed by atoms with E-state index in [4.69, 9.17) is 40.6 Å². The summed E-state index contributed by atoms with van der Waals surface area (Å²) < 4.78 is 0. The maximum absolute atomic E-state index is 7.17. The minimum Gasteiger partial charge on any atom is -0.330 e. The minimum absolute atomic E-state index is 0.631. The first-order valence-electron chi connectivity index (χ1n) is 54.6. The predicted molar refractivity (Wildman–Crippen MR) is 615 cm³/mol. The Hall–Kier alpha value is -18.9. The van der Waals surface area contributed by atoms with Crippen LogP contribution in [0.3, 0.4) is 0 Å². The van der Waals surface area contributed by atoms with Crippen molar-refractivity contribution in [3.05, 3.63) is 115 Å². The van der Waals surface area contributed by atoms with E-state index in [9.17, 15) is 0 Å². The number of nitrogens with zero attached hydrogens (tertiary/aromatic N) is 6. The van der Waals surface area contributed by atoms with E-state index in [0.717, 1.165) is 57.3 Å². The topological polar surface area (TPSA) is 98.2 Å². The Balaban J connectivity index is 0.591. The highest BCUT2D eigenvalue weighted by atomic mass is 15.3. The number of aliphatic imine (C=N–C) groups is 6. The van der Waals surface area contributed by atoms with Gasteiger partial charge < -0.3 is 5.32 Å². The Kier molecular flexibility index (Phi) is 4.65. The molecule has 8 aliphatic carbocycles. The lowest BCUT2D eigenvalue weighted by molar-refractivity contribution is 0.336. The molecule has 2 saturated heterocycles. The highest BCUT2D eigenvalue weighted by Crippen LogP contribution is 2.92. The van der Waals surface area contributed by atoms with Gasteiger partial charge in [-0.25, -0.2) is 30.0 Å². The number of nitrogens with one attached hydrogen (secondary N) is 2. The zero-order chi connectivity index (χ0) is 87.2. The fraction of sp³-hybridized carbons (Fsp3) is 0.0429. The highest BCUT2D eigenvalue weighted by molar-refractivity contribution is 6.88. The zero-order valence-corrected chi connectivity index (χ0v) is 74.5. The molecule has 13 aliphatic rings. The molecule has 0 amide bonds. The molecule has 2 atom stereocenters. The molecule has 0 saturated carbocycles. The van der Waals surface area contributed by atoms with Crippen molar-refractivity contribution in [3.8, 4) is 0 Å². The summed E-state index contributed by atoms with van der Waals surface area (Å²) in [5.41, 5.74) is 12.5. The van der Waals surface area contributed by atoms with Crippen LogP contribution in [0.5, 0.6) is 0 Å². The van der Waals surface area contributed by atoms with Gasteiger partial charge in [0, 0.05) is 22.3 Å². The van der Waals surface area contributed by atoms with Crippen LogP contribution >= 0.6 is 0 Å². The van der Waals surface area contributed by atoms with Crippen LogP contribution in [-0.2, 0) is 21.7 Å². The molecule has 58 aromatic carbocycles. The SMILES string of the molecule is c1ccc2c(c1)C1=NC2=NC2NC(N=C3N=C(N=C4NC(=N1)C15c6c7c8c9c%10c%11c(c%12c%13c1c1c6c6c%14c7c7c8c8c%10c%10c%15c%11c%11c%12c%12c%13c%13c1c1c6c6c%14c%14c7c7c8c%10c8c%10c%15c%11c%11c%12c%12c%13c1c1c6c6c%14c7c8c7c%10c%11c%12c1c67)C495)c1ccccc13)C13c4c5c6c7c8c9c(c%10c%11c1c1c4c4c%12c5c5c6c6c8c8c%13c9c9c%10c%10c%11c%11c1c1c4c4c%12c%12c5c5c6c8c6c8c%13c9c9c%10c%10c%11c1c1c4c4c%12c5c6c5c8c9c%10c1c45)C723. The van der Waals surface area contributed by atoms with E-state index in [1.54, 1.807) is 561 Å². The zero-order valence-electron chi connectivity index (χ0n) is 74.5. The quantitative estimate of drug-likeness (QED) is 0.148. The maximum Gasteiger partial charge on any atom is 0.164 e. The van der Waals surface area contributed by atoms with Gasteiger partial charge in [0.25, 0.3) is 0 Å². The number of rotatable bonds is 0. The molecule has 2 unspecified atom stereocenters. The Morgan fingerprint density at radius 1 is 0.135 bits per heavy atom. The van der Waals surface area contributed by atoms with Gasteiger partial charge in [-0.15, -0.1) is 0 Å². The van der Waals surface area contributed by atoms with Crippen molar-refractivity contribution in [2.75, 3.05) is 0 Å². The van der Waals surface area contributed by atoms with Gasteiger partial charge in [0.15, 0.2) is 23.3 Å². The molecular weight excluding hydrogens is 1790 g/mol. The van der Waals surface area contributed by atoms with Crippen LogP contribution in [0.25, 0.3) is 582 Å². The summed E-state index contributed by atoms with van der Waals surface area (Å²) in [5, 5.41) is 180. The largest absolute Gasteiger partial charge is 0.330 e. The van der Waals surface area contributed by atoms with Gasteiger partial charge in [-0.1, -0.05) is 48.5 Å². The van der Waals surface area contributed by atoms with Crippen molar-refractivity contribution in [2.45, 2.75) is 34.0 Å². The number of hydrogen-bond acceptors (Lipinski definition) is 8. The molecule has 4 spiro atoms. The van der Waals surface area contributed by atoms with Crippen molar-refractivity contribution >= 4 is 617 Å². The fourth-order valence-corrected chi connectivity index (χ4v) is 52.6. The second-order valence-corrected chi connectivity index (χ2v) is 53.5. The molecule has 0 radical (unpaired) electrons. The van der Waals surface area contributed by atoms with Crippen molar-refractivity contribution in [2.24, 2.45) is 30.0 Å². The minimum atomic E-state index is -1.03. The van der Waals surface area contributed by atoms with Gasteiger partial charge in [-0.3, -0.25) is 5.32 Å². The number of fused-ring (bicyclic) bond motifs is 12. The van der Waals surface area contributed by atoms with Gasteiger partial charge >= 0.3 is 0 Å². The van der Waals surface area contributed by atoms with E-state index in [2.05, 4.69) is 48.5 Å². The maximum atomic E-state index is 7.17. The standard InChI is InChI=1S/C140H12N8/c1-2-6-10-9(5-1)129-141-130(10)144-134-138-123-107-91-71-51-35-21-15-16-23-31-29(21)45-59-47(31)67-55-39(23)40-24(16)32-30-22(15)36(35)52-64-46(30)60-48(32)68-56(40)76-75(55)95-83(67)103-87(59)101(79(91)63(45)51)117(123)119(103)127-111(95)112-96(76)84(68)104-88(60)102-80(64)92(72(52)71)108(107)124(138)118(102)120(104)128(112)140(127,138)136(148-134)146-132-12-8-4-3-7-11(12)131(142-132)145-135-139-125-109-93-73-53-37-19-14-13-17-25-27(19)43-57-41(25)61-49-33(17)34-18(13)26-28-20(14)38(37)54-66-44(28)58-42(26)62-50(34)70-69(49)89-77(61)97-85(57)99(81(93)65(43)53)115(125)113(97)121-105(89)106-90(70)78(62)98-86(58)100-82(66)94(74(54)73)110(109)126(139)116(100)114(98)122(106)137(121,139)133(143-129)147-135/h1-8,133,135,147H,(H,141,142,143,144,145,146,148). The average molecular weight is 1810 g/mol. The van der Waals surface area contributed by atoms with Crippen LogP contribution in [0.4, 0.5) is 0 Å². The summed E-state index contributed by atoms with van der Waals surface area (Å²) in [6, 6.07) is 18.9. The highest BCUT2D eigenvalue weighted by Gasteiger charge is 2.81. The van der Waals surface area contributed by atoms with E-state index in [1.165, 1.54) is 65.3 Å². The van der Waals surface area contributed by atoms with Gasteiger partial charge in [0.1, 0.15) is 34.8 Å². The van der Waals surface area contributed by atoms with E-state index in [0.29, 0.717) is 0 Å². The van der Waals surface area contributed by atoms with Crippen molar-refractivity contribution < 1.29 is 0 Å². The lowest BCUT2D eigenvalue weighted by atomic mass is 9.48. The van der Waals surface area contributed by atoms with Crippen LogP contribution in [0.15, 0.2) is 78.5 Å². The Morgan fingerprint density at radius 3 is 0.399 bits per heavy atom. The smallest absolute Gasteiger partial charge is 0.164 e. The van der Waals surface area contributed by atoms with E-state index in [-0.39, 0.29) is 0 Å². The monoisotopic (exact) mass is 1800 g/mol. The Morgan fingerprint density at radius 2 is 0.257 bits per heavy atom. The van der Waals surface area contributed by atoms with Crippen LogP contribution in [0, 0.1) is 0 Å². The first-order chi connectivity index (χ1) is 73.8. The van der Waals surface area contributed by atoms with Gasteiger partial charge in [0.05, 0.1) is 10.8 Å². The lowest BCUT2D eigenvalue weighted by Crippen LogP contribution is -2.56. The molecule has 0 aromatic heterocycles. The molecule has 8 bridgehead atoms. The third-order valence-corrected chi connectivity index (χ3v) is 53.0. The summed E-state index contributed by atoms with van der Waals surface area (Å²) in [7, 11) is 0. The van der Waals surface area contributed by atoms with Gasteiger partial charge in [-0.2, -0.15) is 0 Å². The molecule has 612 valence electrons. The molecule has 2 fully saturated rings. The van der Waals surface area contributed by atoms with Crippen molar-refractivity contribution in [1.29, 1.82) is 0 Å². The molecule has 71 rings (SSSR count). The number of benzene rings is 38. The molecule has 5 heterocycles. The summed E-state index contributed by atoms with van der Waals surface area (Å²) in [6.45, 7) is 0. The fourth-order valence-electron chi connectivity index (χ4n) is 52.6. The second-order valence-electron chi connectivity index (χ2n) is 53.5. The summed E-state index contributed by atoms with van der Waals surface area (Å²) in [4.78, 5) is 41.8.